The molecule has 0 aromatic heterocycles. The van der Waals surface area contributed by atoms with Crippen molar-refractivity contribution in [3.05, 3.63) is 88.3 Å². The van der Waals surface area contributed by atoms with Crippen molar-refractivity contribution >= 4 is 93.0 Å². The Morgan fingerprint density at radius 3 is 2.33 bits per heavy atom. The first-order valence-corrected chi connectivity index (χ1v) is 14.7. The minimum atomic E-state index is -0.893. The number of amides is 2. The fourth-order valence-electron chi connectivity index (χ4n) is 7.09. The zero-order valence-corrected chi connectivity index (χ0v) is 25.6. The van der Waals surface area contributed by atoms with Gasteiger partial charge < -0.3 is 5.32 Å². The van der Waals surface area contributed by atoms with Crippen molar-refractivity contribution in [2.24, 2.45) is 0 Å². The van der Waals surface area contributed by atoms with Crippen LogP contribution in [0.4, 0.5) is 28.4 Å². The lowest BCUT2D eigenvalue weighted by Crippen LogP contribution is -2.52. The van der Waals surface area contributed by atoms with Gasteiger partial charge in [-0.1, -0.05) is 0 Å². The fraction of sp³-hybridized carbons (Fsp3) is 0.133. The lowest BCUT2D eigenvalue weighted by Gasteiger charge is -2.46. The Hall–Kier alpha value is -3.20. The van der Waals surface area contributed by atoms with Gasteiger partial charge in [-0.25, -0.2) is 8.97 Å². The molecule has 2 atom stereocenters. The molecule has 10 heteroatoms. The van der Waals surface area contributed by atoms with Gasteiger partial charge >= 0.3 is 11.8 Å². The first kappa shape index (κ1) is 25.7. The fourth-order valence-corrected chi connectivity index (χ4v) is 8.13. The summed E-state index contributed by atoms with van der Waals surface area (Å²) in [5.41, 5.74) is 15.2. The van der Waals surface area contributed by atoms with Crippen LogP contribution in [0, 0.1) is 6.07 Å². The molecule has 0 aliphatic carbocycles. The van der Waals surface area contributed by atoms with E-state index in [2.05, 4.69) is 11.4 Å². The maximum atomic E-state index is 14.1. The van der Waals surface area contributed by atoms with E-state index in [1.54, 1.807) is 64.4 Å². The molecule has 3 aromatic rings. The van der Waals surface area contributed by atoms with Crippen LogP contribution in [0.3, 0.4) is 0 Å². The molecule has 8 nitrogen and oxygen atoms in total. The minimum absolute atomic E-state index is 0.155. The highest BCUT2D eigenvalue weighted by atomic mass is 127. The van der Waals surface area contributed by atoms with Crippen LogP contribution in [0.2, 0.25) is 0 Å². The lowest BCUT2D eigenvalue weighted by atomic mass is 9.82. The number of rotatable bonds is 4. The number of hydrogen-bond acceptors (Lipinski definition) is 4. The van der Waals surface area contributed by atoms with Crippen molar-refractivity contribution in [3.8, 4) is 11.1 Å². The third kappa shape index (κ3) is 3.02. The van der Waals surface area contributed by atoms with Gasteiger partial charge in [0, 0.05) is 86.8 Å². The molecule has 6 aliphatic rings. The van der Waals surface area contributed by atoms with Crippen molar-refractivity contribution in [3.63, 3.8) is 0 Å². The van der Waals surface area contributed by atoms with Crippen LogP contribution in [-0.2, 0) is 22.4 Å². The zero-order valence-electron chi connectivity index (χ0n) is 21.3. The topological polar surface area (TPSA) is 104 Å². The van der Waals surface area contributed by atoms with Crippen LogP contribution < -0.4 is 20.0 Å². The van der Waals surface area contributed by atoms with E-state index in [1.807, 2.05) is 43.5 Å². The predicted octanol–water partition coefficient (Wildman–Crippen LogP) is 5.80. The second-order valence-electron chi connectivity index (χ2n) is 10.5. The number of halogens is 2. The van der Waals surface area contributed by atoms with Crippen molar-refractivity contribution in [2.75, 3.05) is 19.4 Å². The van der Waals surface area contributed by atoms with E-state index in [9.17, 15) is 19.2 Å². The summed E-state index contributed by atoms with van der Waals surface area (Å²) in [4.78, 5) is 54.5. The van der Waals surface area contributed by atoms with Crippen LogP contribution in [0.5, 0.6) is 0 Å². The summed E-state index contributed by atoms with van der Waals surface area (Å²) in [6, 6.07) is 14.5. The van der Waals surface area contributed by atoms with Gasteiger partial charge in [0.25, 0.3) is 0 Å². The number of likely N-dealkylation sites (N-methyl/N-ethyl adjacent to an activating group) is 2. The Kier molecular flexibility index (Phi) is 5.41. The molecular formula is C30H20I2N4O4+2. The highest BCUT2D eigenvalue weighted by molar-refractivity contribution is 14.1. The first-order chi connectivity index (χ1) is 19.0. The Morgan fingerprint density at radius 2 is 1.62 bits per heavy atom. The highest BCUT2D eigenvalue weighted by Gasteiger charge is 2.57. The van der Waals surface area contributed by atoms with Gasteiger partial charge in [0.05, 0.1) is 14.1 Å². The van der Waals surface area contributed by atoms with E-state index < -0.39 is 5.91 Å². The Labute approximate surface area is 257 Å². The van der Waals surface area contributed by atoms with Gasteiger partial charge in [-0.15, -0.1) is 0 Å². The van der Waals surface area contributed by atoms with Gasteiger partial charge in [0.15, 0.2) is 16.9 Å². The van der Waals surface area contributed by atoms with E-state index in [0.29, 0.717) is 52.4 Å². The molecule has 2 N–H and O–H groups in total. The Balaban J connectivity index is 1.80. The molecular weight excluding hydrogens is 734 g/mol. The molecule has 40 heavy (non-hydrogen) atoms. The summed E-state index contributed by atoms with van der Waals surface area (Å²) in [6.45, 7) is 0. The summed E-state index contributed by atoms with van der Waals surface area (Å²) < 4.78 is -1.08. The number of fused-ring (bicyclic) bond motifs is 4. The molecule has 2 amide bonds. The van der Waals surface area contributed by atoms with Crippen LogP contribution >= 0.6 is 45.2 Å². The monoisotopic (exact) mass is 754 g/mol. The lowest BCUT2D eigenvalue weighted by molar-refractivity contribution is -0.116. The molecule has 2 unspecified atom stereocenters. The van der Waals surface area contributed by atoms with E-state index in [-0.39, 0.29) is 33.7 Å². The van der Waals surface area contributed by atoms with Crippen molar-refractivity contribution in [1.82, 2.24) is 14.7 Å². The molecule has 2 radical (unpaired) electrons. The van der Waals surface area contributed by atoms with Gasteiger partial charge in [-0.3, -0.25) is 24.9 Å². The molecule has 6 aliphatic heterocycles. The second kappa shape index (κ2) is 8.41. The smallest absolute Gasteiger partial charge is 0.312 e. The number of carbonyl (C=O) groups is 4. The summed E-state index contributed by atoms with van der Waals surface area (Å²) >= 11 is 3.49. The summed E-state index contributed by atoms with van der Waals surface area (Å²) in [5.74, 6) is -1.23. The van der Waals surface area contributed by atoms with E-state index in [1.165, 1.54) is 0 Å². The molecule has 0 saturated carbocycles. The minimum Gasteiger partial charge on any atom is -0.312 e. The number of quaternary nitrogens is 2. The SMILES string of the molecule is C[N+]1(c2c3c4c(C(=O)I)c(c2C(=O)I)[N+]2(C)C(=CCc5cc-4ccc52)C(=O)N3)C(C([NH])=O)=CCc2c[c]ccc21. The van der Waals surface area contributed by atoms with Gasteiger partial charge in [-0.05, 0) is 48.0 Å². The third-order valence-corrected chi connectivity index (χ3v) is 9.77. The standard InChI is InChI=1S/C30H19I2N4O4/c1-35(17-6-4-3-5-14(17)7-11-19(35)29(33)39)26-23(28(32)38)25-22(27(31)37)21-16-9-10-18-15(13-16)8-12-20(36(18,25)2)30(40)34-24(21)26/h4-6,9-13,33H,7-8H2,1-2H3/q+1/p+1. The maximum absolute atomic E-state index is 14.1. The van der Waals surface area contributed by atoms with Crippen molar-refractivity contribution in [1.29, 1.82) is 0 Å². The maximum Gasteiger partial charge on any atom is 0.324 e. The Bertz CT molecular complexity index is 1880. The average molecular weight is 754 g/mol. The number of benzene rings is 3. The van der Waals surface area contributed by atoms with Crippen LogP contribution in [0.1, 0.15) is 31.8 Å². The number of allylic oxidation sites excluding steroid dienone is 2. The number of carbonyl (C=O) groups excluding carboxylic acids is 4. The second-order valence-corrected chi connectivity index (χ2v) is 12.5. The van der Waals surface area contributed by atoms with Crippen LogP contribution in [0.15, 0.2) is 59.9 Å². The Morgan fingerprint density at radius 1 is 0.925 bits per heavy atom. The molecule has 0 saturated heterocycles. The van der Waals surface area contributed by atoms with E-state index >= 15 is 0 Å². The summed E-state index contributed by atoms with van der Waals surface area (Å²) in [6.07, 6.45) is 4.54. The van der Waals surface area contributed by atoms with E-state index in [4.69, 9.17) is 5.73 Å². The quantitative estimate of drug-likeness (QED) is 0.207. The molecule has 0 fully saturated rings. The van der Waals surface area contributed by atoms with Crippen LogP contribution in [0.25, 0.3) is 11.1 Å². The first-order valence-electron chi connectivity index (χ1n) is 12.5. The molecule has 0 spiro atoms. The number of anilines is 1. The number of nitrogens with zero attached hydrogens (tertiary/aromatic N) is 2. The summed E-state index contributed by atoms with van der Waals surface area (Å²) in [7, 11) is 3.62. The van der Waals surface area contributed by atoms with Gasteiger partial charge in [-0.2, -0.15) is 0 Å². The average Bonchev–Trinajstić information content (AvgIpc) is 2.90. The molecule has 7 bridgehead atoms. The van der Waals surface area contributed by atoms with Gasteiger partial charge in [0.2, 0.25) is 19.0 Å². The molecule has 196 valence electrons. The third-order valence-electron chi connectivity index (χ3n) is 8.69. The predicted molar refractivity (Wildman–Crippen MR) is 169 cm³/mol. The normalized spacial score (nSPS) is 22.9. The van der Waals surface area contributed by atoms with Crippen molar-refractivity contribution < 1.29 is 19.2 Å². The van der Waals surface area contributed by atoms with Gasteiger partial charge in [0.1, 0.15) is 22.6 Å². The zero-order chi connectivity index (χ0) is 28.3. The largest absolute Gasteiger partial charge is 0.324 e. The number of hydrogen-bond donors (Lipinski definition) is 1. The van der Waals surface area contributed by atoms with Crippen molar-refractivity contribution in [2.45, 2.75) is 12.8 Å². The summed E-state index contributed by atoms with van der Waals surface area (Å²) in [5, 5.41) is 3.11. The molecule has 9 rings (SSSR count). The highest BCUT2D eigenvalue weighted by Crippen LogP contribution is 2.62. The van der Waals surface area contributed by atoms with E-state index in [0.717, 1.165) is 22.4 Å². The molecule has 3 aromatic carbocycles. The van der Waals surface area contributed by atoms with Crippen LogP contribution in [-0.4, -0.2) is 33.5 Å². The molecule has 6 heterocycles. The number of nitrogens with one attached hydrogen (secondary N) is 2.